The molecular weight excluding hydrogens is 190 g/mol. The minimum absolute atomic E-state index is 0.331. The van der Waals surface area contributed by atoms with E-state index in [2.05, 4.69) is 18.7 Å². The van der Waals surface area contributed by atoms with Crippen LogP contribution in [0.4, 0.5) is 5.69 Å². The summed E-state index contributed by atoms with van der Waals surface area (Å²) in [5.41, 5.74) is 1.10. The third kappa shape index (κ3) is 3.53. The molecule has 0 saturated heterocycles. The summed E-state index contributed by atoms with van der Waals surface area (Å²) in [6.07, 6.45) is -0.743. The van der Waals surface area contributed by atoms with Crippen molar-refractivity contribution in [2.45, 2.75) is 26.2 Å². The largest absolute Gasteiger partial charge is 0.366 e. The molecule has 0 radical (unpaired) electrons. The van der Waals surface area contributed by atoms with E-state index in [1.807, 2.05) is 30.3 Å². The number of rotatable bonds is 5. The van der Waals surface area contributed by atoms with E-state index >= 15 is 0 Å². The number of anilines is 1. The van der Waals surface area contributed by atoms with Gasteiger partial charge < -0.3 is 14.7 Å². The Bertz CT molecular complexity index is 274. The SMILES string of the molecule is COC(O)CN(c1ccccc1)C(C)C. The van der Waals surface area contributed by atoms with Crippen LogP contribution in [0, 0.1) is 0 Å². The zero-order valence-electron chi connectivity index (χ0n) is 9.55. The van der Waals surface area contributed by atoms with Crippen molar-refractivity contribution in [3.8, 4) is 0 Å². The van der Waals surface area contributed by atoms with Gasteiger partial charge in [-0.1, -0.05) is 18.2 Å². The first-order valence-electron chi connectivity index (χ1n) is 5.17. The fraction of sp³-hybridized carbons (Fsp3) is 0.500. The van der Waals surface area contributed by atoms with Crippen molar-refractivity contribution in [1.29, 1.82) is 0 Å². The molecule has 1 N–H and O–H groups in total. The summed E-state index contributed by atoms with van der Waals surface area (Å²) >= 11 is 0. The standard InChI is InChI=1S/C12H19NO2/c1-10(2)13(9-12(14)15-3)11-7-5-4-6-8-11/h4-8,10,12,14H,9H2,1-3H3. The maximum Gasteiger partial charge on any atom is 0.171 e. The lowest BCUT2D eigenvalue weighted by Crippen LogP contribution is -2.38. The van der Waals surface area contributed by atoms with Crippen molar-refractivity contribution in [3.63, 3.8) is 0 Å². The second-order valence-corrected chi connectivity index (χ2v) is 3.77. The van der Waals surface area contributed by atoms with Gasteiger partial charge in [0.2, 0.25) is 0 Å². The predicted molar refractivity (Wildman–Crippen MR) is 61.9 cm³/mol. The van der Waals surface area contributed by atoms with Gasteiger partial charge in [-0.15, -0.1) is 0 Å². The average molecular weight is 209 g/mol. The Morgan fingerprint density at radius 2 is 1.87 bits per heavy atom. The van der Waals surface area contributed by atoms with Crippen molar-refractivity contribution >= 4 is 5.69 Å². The Labute approximate surface area is 91.3 Å². The van der Waals surface area contributed by atoms with Gasteiger partial charge in [0.25, 0.3) is 0 Å². The molecule has 1 aromatic rings. The van der Waals surface area contributed by atoms with E-state index in [-0.39, 0.29) is 0 Å². The van der Waals surface area contributed by atoms with Crippen LogP contribution in [0.15, 0.2) is 30.3 Å². The molecule has 0 bridgehead atoms. The van der Waals surface area contributed by atoms with E-state index in [9.17, 15) is 5.11 Å². The normalized spacial score (nSPS) is 12.9. The average Bonchev–Trinajstić information content (AvgIpc) is 2.26. The molecule has 0 fully saturated rings. The van der Waals surface area contributed by atoms with Crippen LogP contribution in [0.5, 0.6) is 0 Å². The van der Waals surface area contributed by atoms with E-state index < -0.39 is 6.29 Å². The van der Waals surface area contributed by atoms with Gasteiger partial charge in [0.15, 0.2) is 6.29 Å². The Kier molecular flexibility index (Phi) is 4.59. The molecule has 1 atom stereocenters. The molecule has 84 valence electrons. The lowest BCUT2D eigenvalue weighted by atomic mass is 10.2. The summed E-state index contributed by atoms with van der Waals surface area (Å²) in [7, 11) is 1.51. The molecule has 3 heteroatoms. The quantitative estimate of drug-likeness (QED) is 0.751. The highest BCUT2D eigenvalue weighted by Crippen LogP contribution is 2.16. The summed E-state index contributed by atoms with van der Waals surface area (Å²) in [5, 5.41) is 9.47. The smallest absolute Gasteiger partial charge is 0.171 e. The van der Waals surface area contributed by atoms with Gasteiger partial charge in [-0.2, -0.15) is 0 Å². The number of methoxy groups -OCH3 is 1. The van der Waals surface area contributed by atoms with Crippen molar-refractivity contribution in [3.05, 3.63) is 30.3 Å². The van der Waals surface area contributed by atoms with Gasteiger partial charge in [-0.25, -0.2) is 0 Å². The molecule has 0 aromatic heterocycles. The third-order valence-electron chi connectivity index (χ3n) is 2.34. The fourth-order valence-corrected chi connectivity index (χ4v) is 1.48. The number of benzene rings is 1. The molecule has 0 aliphatic rings. The Morgan fingerprint density at radius 1 is 1.27 bits per heavy atom. The zero-order chi connectivity index (χ0) is 11.3. The molecule has 1 rings (SSSR count). The molecule has 1 aromatic carbocycles. The number of aliphatic hydroxyl groups excluding tert-OH is 1. The second-order valence-electron chi connectivity index (χ2n) is 3.77. The topological polar surface area (TPSA) is 32.7 Å². The van der Waals surface area contributed by atoms with Crippen LogP contribution in [0.3, 0.4) is 0 Å². The summed E-state index contributed by atoms with van der Waals surface area (Å²) < 4.78 is 4.87. The minimum atomic E-state index is -0.743. The van der Waals surface area contributed by atoms with Gasteiger partial charge in [-0.05, 0) is 26.0 Å². The maximum absolute atomic E-state index is 9.47. The van der Waals surface area contributed by atoms with E-state index in [1.54, 1.807) is 0 Å². The van der Waals surface area contributed by atoms with E-state index in [1.165, 1.54) is 7.11 Å². The first-order valence-corrected chi connectivity index (χ1v) is 5.17. The van der Waals surface area contributed by atoms with Crippen LogP contribution in [0.2, 0.25) is 0 Å². The van der Waals surface area contributed by atoms with Crippen LogP contribution in [0.1, 0.15) is 13.8 Å². The molecule has 0 spiro atoms. The van der Waals surface area contributed by atoms with Gasteiger partial charge in [0.05, 0.1) is 6.54 Å². The van der Waals surface area contributed by atoms with Gasteiger partial charge >= 0.3 is 0 Å². The first kappa shape index (κ1) is 12.0. The van der Waals surface area contributed by atoms with E-state index in [0.29, 0.717) is 12.6 Å². The zero-order valence-corrected chi connectivity index (χ0v) is 9.55. The minimum Gasteiger partial charge on any atom is -0.366 e. The summed E-state index contributed by atoms with van der Waals surface area (Å²) in [6.45, 7) is 4.67. The lowest BCUT2D eigenvalue weighted by molar-refractivity contribution is -0.0671. The third-order valence-corrected chi connectivity index (χ3v) is 2.34. The van der Waals surface area contributed by atoms with Crippen LogP contribution >= 0.6 is 0 Å². The highest BCUT2D eigenvalue weighted by atomic mass is 16.6. The number of aliphatic hydroxyl groups is 1. The molecule has 15 heavy (non-hydrogen) atoms. The van der Waals surface area contributed by atoms with Gasteiger partial charge in [0.1, 0.15) is 0 Å². The number of hydrogen-bond acceptors (Lipinski definition) is 3. The molecule has 1 unspecified atom stereocenters. The van der Waals surface area contributed by atoms with Crippen LogP contribution in [-0.2, 0) is 4.74 Å². The number of para-hydroxylation sites is 1. The molecule has 0 saturated carbocycles. The summed E-state index contributed by atoms with van der Waals surface area (Å²) in [5.74, 6) is 0. The first-order chi connectivity index (χ1) is 7.15. The van der Waals surface area contributed by atoms with Crippen molar-refractivity contribution in [2.75, 3.05) is 18.6 Å². The Morgan fingerprint density at radius 3 is 2.33 bits per heavy atom. The Hall–Kier alpha value is -1.06. The highest BCUT2D eigenvalue weighted by Gasteiger charge is 2.14. The number of nitrogens with zero attached hydrogens (tertiary/aromatic N) is 1. The molecular formula is C12H19NO2. The van der Waals surface area contributed by atoms with Crippen LogP contribution in [0.25, 0.3) is 0 Å². The van der Waals surface area contributed by atoms with E-state index in [0.717, 1.165) is 5.69 Å². The molecule has 0 amide bonds. The molecule has 0 aliphatic heterocycles. The number of hydrogen-bond donors (Lipinski definition) is 1. The number of ether oxygens (including phenoxy) is 1. The monoisotopic (exact) mass is 209 g/mol. The lowest BCUT2D eigenvalue weighted by Gasteiger charge is -2.30. The molecule has 0 aliphatic carbocycles. The van der Waals surface area contributed by atoms with E-state index in [4.69, 9.17) is 4.74 Å². The predicted octanol–water partition coefficient (Wildman–Crippen LogP) is 1.87. The molecule has 0 heterocycles. The summed E-state index contributed by atoms with van der Waals surface area (Å²) in [4.78, 5) is 2.11. The van der Waals surface area contributed by atoms with Gasteiger partial charge in [-0.3, -0.25) is 0 Å². The van der Waals surface area contributed by atoms with Crippen LogP contribution in [-0.4, -0.2) is 31.1 Å². The van der Waals surface area contributed by atoms with Crippen molar-refractivity contribution < 1.29 is 9.84 Å². The van der Waals surface area contributed by atoms with Crippen molar-refractivity contribution in [1.82, 2.24) is 0 Å². The summed E-state index contributed by atoms with van der Waals surface area (Å²) in [6, 6.07) is 10.4. The second kappa shape index (κ2) is 5.73. The Balaban J connectivity index is 2.75. The fourth-order valence-electron chi connectivity index (χ4n) is 1.48. The highest BCUT2D eigenvalue weighted by molar-refractivity contribution is 5.46. The molecule has 3 nitrogen and oxygen atoms in total. The van der Waals surface area contributed by atoms with Gasteiger partial charge in [0, 0.05) is 18.8 Å². The van der Waals surface area contributed by atoms with Crippen LogP contribution < -0.4 is 4.90 Å². The maximum atomic E-state index is 9.47. The van der Waals surface area contributed by atoms with Crippen molar-refractivity contribution in [2.24, 2.45) is 0 Å².